The molecule has 1 aromatic carbocycles. The van der Waals surface area contributed by atoms with E-state index < -0.39 is 6.10 Å². The lowest BCUT2D eigenvalue weighted by atomic mass is 9.91. The van der Waals surface area contributed by atoms with Crippen LogP contribution in [0.3, 0.4) is 0 Å². The molecule has 106 valence electrons. The molecule has 0 bridgehead atoms. The van der Waals surface area contributed by atoms with Gasteiger partial charge in [-0.05, 0) is 50.8 Å². The third-order valence-electron chi connectivity index (χ3n) is 4.00. The summed E-state index contributed by atoms with van der Waals surface area (Å²) in [6, 6.07) is 4.57. The zero-order chi connectivity index (χ0) is 14.0. The van der Waals surface area contributed by atoms with Crippen molar-refractivity contribution in [3.8, 4) is 0 Å². The van der Waals surface area contributed by atoms with Crippen LogP contribution in [0.5, 0.6) is 0 Å². The molecule has 0 radical (unpaired) electrons. The van der Waals surface area contributed by atoms with Gasteiger partial charge in [-0.3, -0.25) is 0 Å². The monoisotopic (exact) mass is 267 g/mol. The number of halogens is 1. The van der Waals surface area contributed by atoms with Gasteiger partial charge in [0.25, 0.3) is 0 Å². The highest BCUT2D eigenvalue weighted by atomic mass is 19.1. The van der Waals surface area contributed by atoms with Crippen LogP contribution in [-0.4, -0.2) is 29.4 Å². The van der Waals surface area contributed by atoms with Gasteiger partial charge >= 0.3 is 0 Å². The van der Waals surface area contributed by atoms with Gasteiger partial charge in [0.05, 0.1) is 12.2 Å². The fraction of sp³-hybridized carbons (Fsp3) is 0.600. The van der Waals surface area contributed by atoms with Crippen molar-refractivity contribution in [1.29, 1.82) is 0 Å². The summed E-state index contributed by atoms with van der Waals surface area (Å²) in [4.78, 5) is 2.17. The van der Waals surface area contributed by atoms with E-state index in [1.807, 2.05) is 6.92 Å². The summed E-state index contributed by atoms with van der Waals surface area (Å²) in [5.41, 5.74) is 1.54. The number of aliphatic hydroxyl groups excluding tert-OH is 2. The lowest BCUT2D eigenvalue weighted by Crippen LogP contribution is -2.37. The highest BCUT2D eigenvalue weighted by molar-refractivity contribution is 5.55. The van der Waals surface area contributed by atoms with Crippen LogP contribution in [0.25, 0.3) is 0 Å². The topological polar surface area (TPSA) is 43.7 Å². The van der Waals surface area contributed by atoms with Crippen LogP contribution in [-0.2, 0) is 0 Å². The molecule has 1 unspecified atom stereocenters. The Morgan fingerprint density at radius 2 is 1.84 bits per heavy atom. The number of aliphatic hydroxyl groups is 2. The zero-order valence-electron chi connectivity index (χ0n) is 11.5. The molecule has 2 atom stereocenters. The van der Waals surface area contributed by atoms with Gasteiger partial charge in [0, 0.05) is 24.3 Å². The summed E-state index contributed by atoms with van der Waals surface area (Å²) >= 11 is 0. The van der Waals surface area contributed by atoms with Crippen LogP contribution in [0.4, 0.5) is 10.1 Å². The maximum absolute atomic E-state index is 13.3. The first-order chi connectivity index (χ1) is 8.99. The van der Waals surface area contributed by atoms with Gasteiger partial charge in [-0.1, -0.05) is 0 Å². The second kappa shape index (κ2) is 5.88. The number of nitrogens with zero attached hydrogens (tertiary/aromatic N) is 1. The molecule has 0 amide bonds. The fourth-order valence-corrected chi connectivity index (χ4v) is 2.77. The molecule has 0 saturated carbocycles. The van der Waals surface area contributed by atoms with Crippen LogP contribution in [0.1, 0.15) is 38.4 Å². The van der Waals surface area contributed by atoms with Crippen molar-refractivity contribution < 1.29 is 14.6 Å². The normalized spacial score (nSPS) is 20.4. The summed E-state index contributed by atoms with van der Waals surface area (Å²) in [6.45, 7) is 5.15. The number of rotatable bonds is 3. The van der Waals surface area contributed by atoms with Crippen molar-refractivity contribution in [1.82, 2.24) is 0 Å². The quantitative estimate of drug-likeness (QED) is 0.884. The van der Waals surface area contributed by atoms with Crippen molar-refractivity contribution >= 4 is 5.69 Å². The molecule has 0 spiro atoms. The van der Waals surface area contributed by atoms with Crippen molar-refractivity contribution in [3.63, 3.8) is 0 Å². The summed E-state index contributed by atoms with van der Waals surface area (Å²) in [5.74, 6) is 0.0187. The molecule has 1 aliphatic rings. The van der Waals surface area contributed by atoms with Crippen molar-refractivity contribution in [2.24, 2.45) is 5.92 Å². The van der Waals surface area contributed by atoms with Crippen LogP contribution in [0.2, 0.25) is 0 Å². The number of piperidine rings is 1. The predicted molar refractivity (Wildman–Crippen MR) is 73.7 cm³/mol. The first kappa shape index (κ1) is 14.3. The molecule has 1 heterocycles. The zero-order valence-corrected chi connectivity index (χ0v) is 11.5. The molecule has 1 aliphatic heterocycles. The second-order valence-corrected chi connectivity index (χ2v) is 5.44. The lowest BCUT2D eigenvalue weighted by molar-refractivity contribution is 0.109. The van der Waals surface area contributed by atoms with E-state index >= 15 is 0 Å². The molecule has 0 aromatic heterocycles. The Labute approximate surface area is 113 Å². The van der Waals surface area contributed by atoms with Gasteiger partial charge in [-0.15, -0.1) is 0 Å². The molecule has 2 N–H and O–H groups in total. The van der Waals surface area contributed by atoms with Crippen LogP contribution >= 0.6 is 0 Å². The van der Waals surface area contributed by atoms with E-state index in [0.717, 1.165) is 31.6 Å². The summed E-state index contributed by atoms with van der Waals surface area (Å²) in [6.07, 6.45) is 0.898. The van der Waals surface area contributed by atoms with E-state index in [1.165, 1.54) is 12.1 Å². The Bertz CT molecular complexity index is 426. The molecule has 4 heteroatoms. The van der Waals surface area contributed by atoms with Crippen molar-refractivity contribution in [2.45, 2.75) is 38.9 Å². The van der Waals surface area contributed by atoms with Gasteiger partial charge in [0.1, 0.15) is 5.82 Å². The third-order valence-corrected chi connectivity index (χ3v) is 4.00. The largest absolute Gasteiger partial charge is 0.393 e. The third kappa shape index (κ3) is 3.25. The van der Waals surface area contributed by atoms with E-state index in [1.54, 1.807) is 13.0 Å². The van der Waals surface area contributed by atoms with E-state index in [0.29, 0.717) is 11.5 Å². The van der Waals surface area contributed by atoms with Crippen LogP contribution < -0.4 is 4.90 Å². The molecule has 0 aliphatic carbocycles. The Hall–Kier alpha value is -1.13. The van der Waals surface area contributed by atoms with Gasteiger partial charge in [-0.25, -0.2) is 4.39 Å². The molecular weight excluding hydrogens is 245 g/mol. The van der Waals surface area contributed by atoms with E-state index in [4.69, 9.17) is 0 Å². The fourth-order valence-electron chi connectivity index (χ4n) is 2.77. The van der Waals surface area contributed by atoms with Gasteiger partial charge < -0.3 is 15.1 Å². The minimum atomic E-state index is -0.680. The molecule has 3 nitrogen and oxygen atoms in total. The first-order valence-corrected chi connectivity index (χ1v) is 6.89. The highest BCUT2D eigenvalue weighted by Crippen LogP contribution is 2.31. The summed E-state index contributed by atoms with van der Waals surface area (Å²) in [5, 5.41) is 19.4. The summed E-state index contributed by atoms with van der Waals surface area (Å²) < 4.78 is 13.3. The average molecular weight is 267 g/mol. The standard InChI is InChI=1S/C15H22FNO2/c1-10(18)12-5-7-17(8-6-12)15-4-3-13(16)9-14(15)11(2)19/h3-4,9-12,18-19H,5-8H2,1-2H3/t10?,11-/m1/s1. The van der Waals surface area contributed by atoms with E-state index in [9.17, 15) is 14.6 Å². The maximum atomic E-state index is 13.3. The second-order valence-electron chi connectivity index (χ2n) is 5.44. The number of benzene rings is 1. The molecule has 1 aromatic rings. The smallest absolute Gasteiger partial charge is 0.123 e. The Morgan fingerprint density at radius 3 is 2.37 bits per heavy atom. The molecule has 1 saturated heterocycles. The molecule has 19 heavy (non-hydrogen) atoms. The maximum Gasteiger partial charge on any atom is 0.123 e. The summed E-state index contributed by atoms with van der Waals surface area (Å²) in [7, 11) is 0. The molecule has 1 fully saturated rings. The van der Waals surface area contributed by atoms with Crippen molar-refractivity contribution in [2.75, 3.05) is 18.0 Å². The Morgan fingerprint density at radius 1 is 1.21 bits per heavy atom. The number of hydrogen-bond donors (Lipinski definition) is 2. The minimum Gasteiger partial charge on any atom is -0.393 e. The predicted octanol–water partition coefficient (Wildman–Crippen LogP) is 2.48. The molecule has 2 rings (SSSR count). The number of hydrogen-bond acceptors (Lipinski definition) is 3. The van der Waals surface area contributed by atoms with E-state index in [-0.39, 0.29) is 11.9 Å². The van der Waals surface area contributed by atoms with E-state index in [2.05, 4.69) is 4.90 Å². The van der Waals surface area contributed by atoms with Crippen LogP contribution in [0, 0.1) is 11.7 Å². The highest BCUT2D eigenvalue weighted by Gasteiger charge is 2.24. The Balaban J connectivity index is 2.15. The number of anilines is 1. The van der Waals surface area contributed by atoms with Gasteiger partial charge in [0.15, 0.2) is 0 Å². The SMILES string of the molecule is CC(O)C1CCN(c2ccc(F)cc2[C@@H](C)O)CC1. The average Bonchev–Trinajstić information content (AvgIpc) is 2.38. The first-order valence-electron chi connectivity index (χ1n) is 6.89. The van der Waals surface area contributed by atoms with Gasteiger partial charge in [-0.2, -0.15) is 0 Å². The molecular formula is C15H22FNO2. The van der Waals surface area contributed by atoms with Gasteiger partial charge in [0.2, 0.25) is 0 Å². The minimum absolute atomic E-state index is 0.272. The lowest BCUT2D eigenvalue weighted by Gasteiger charge is -2.36. The van der Waals surface area contributed by atoms with Crippen molar-refractivity contribution in [3.05, 3.63) is 29.6 Å². The Kier molecular flexibility index (Phi) is 4.42. The van der Waals surface area contributed by atoms with Crippen LogP contribution in [0.15, 0.2) is 18.2 Å².